The number of benzene rings is 1. The molecule has 4 rings (SSSR count). The molecule has 24 heavy (non-hydrogen) atoms. The Labute approximate surface area is 141 Å². The number of rotatable bonds is 2. The van der Waals surface area contributed by atoms with Gasteiger partial charge in [0.1, 0.15) is 0 Å². The molecule has 0 saturated carbocycles. The zero-order chi connectivity index (χ0) is 16.5. The van der Waals surface area contributed by atoms with E-state index < -0.39 is 0 Å². The van der Waals surface area contributed by atoms with Gasteiger partial charge >= 0.3 is 0 Å². The van der Waals surface area contributed by atoms with E-state index in [-0.39, 0.29) is 18.1 Å². The minimum Gasteiger partial charge on any atom is -0.374 e. The summed E-state index contributed by atoms with van der Waals surface area (Å²) in [5.41, 5.74) is 3.74. The van der Waals surface area contributed by atoms with Gasteiger partial charge in [0.15, 0.2) is 5.69 Å². The van der Waals surface area contributed by atoms with Crippen LogP contribution in [0.5, 0.6) is 0 Å². The molecular weight excluding hydrogens is 304 g/mol. The molecule has 0 bridgehead atoms. The van der Waals surface area contributed by atoms with E-state index in [1.807, 2.05) is 42.2 Å². The van der Waals surface area contributed by atoms with Crippen molar-refractivity contribution in [3.05, 3.63) is 52.8 Å². The summed E-state index contributed by atoms with van der Waals surface area (Å²) >= 11 is 0. The summed E-state index contributed by atoms with van der Waals surface area (Å²) in [6.45, 7) is 4.71. The Kier molecular flexibility index (Phi) is 4.08. The zero-order valence-corrected chi connectivity index (χ0v) is 13.8. The van der Waals surface area contributed by atoms with Crippen molar-refractivity contribution in [1.82, 2.24) is 20.4 Å². The molecule has 6 nitrogen and oxygen atoms in total. The van der Waals surface area contributed by atoms with E-state index in [1.165, 1.54) is 0 Å². The molecule has 3 heterocycles. The molecule has 1 saturated heterocycles. The molecule has 2 atom stereocenters. The number of aromatic amines is 1. The lowest BCUT2D eigenvalue weighted by atomic mass is 10.0. The lowest BCUT2D eigenvalue weighted by Crippen LogP contribution is -2.47. The molecule has 1 amide bonds. The number of nitrogens with one attached hydrogen (secondary N) is 2. The number of carbonyl (C=O) groups excluding carboxylic acids is 1. The van der Waals surface area contributed by atoms with Gasteiger partial charge in [-0.15, -0.1) is 0 Å². The third kappa shape index (κ3) is 2.72. The van der Waals surface area contributed by atoms with Crippen LogP contribution in [0.15, 0.2) is 30.3 Å². The molecule has 6 heteroatoms. The van der Waals surface area contributed by atoms with Crippen molar-refractivity contribution in [2.75, 3.05) is 19.7 Å². The van der Waals surface area contributed by atoms with Crippen LogP contribution in [0.2, 0.25) is 0 Å². The molecule has 0 spiro atoms. The second-order valence-electron chi connectivity index (χ2n) is 6.48. The number of morpholine rings is 1. The average molecular weight is 326 g/mol. The Morgan fingerprint density at radius 1 is 1.33 bits per heavy atom. The molecule has 1 aromatic carbocycles. The Balaban J connectivity index is 1.66. The number of amides is 1. The van der Waals surface area contributed by atoms with Crippen LogP contribution < -0.4 is 5.32 Å². The largest absolute Gasteiger partial charge is 0.374 e. The number of H-pyrrole nitrogens is 1. The molecule has 1 fully saturated rings. The summed E-state index contributed by atoms with van der Waals surface area (Å²) in [5.74, 6) is -0.0137. The van der Waals surface area contributed by atoms with E-state index in [2.05, 4.69) is 15.5 Å². The number of nitrogens with zero attached hydrogens (tertiary/aromatic N) is 2. The Morgan fingerprint density at radius 3 is 3.00 bits per heavy atom. The lowest BCUT2D eigenvalue weighted by Gasteiger charge is -2.38. The molecule has 2 unspecified atom stereocenters. The standard InChI is InChI=1S/C18H22N4O2/c1-12-10-22(16(11-24-12)13-5-3-2-4-6-13)18(23)17-14-9-19-8-7-15(14)20-21-17/h2-6,12,16,19H,7-11H2,1H3,(H,20,21). The van der Waals surface area contributed by atoms with Gasteiger partial charge in [-0.2, -0.15) is 5.10 Å². The van der Waals surface area contributed by atoms with Gasteiger partial charge in [-0.25, -0.2) is 0 Å². The second kappa shape index (κ2) is 6.37. The van der Waals surface area contributed by atoms with Gasteiger partial charge in [-0.3, -0.25) is 9.89 Å². The maximum Gasteiger partial charge on any atom is 0.275 e. The van der Waals surface area contributed by atoms with Gasteiger partial charge < -0.3 is 15.0 Å². The maximum absolute atomic E-state index is 13.2. The number of aromatic nitrogens is 2. The predicted molar refractivity (Wildman–Crippen MR) is 89.6 cm³/mol. The van der Waals surface area contributed by atoms with Crippen molar-refractivity contribution in [2.24, 2.45) is 0 Å². The smallest absolute Gasteiger partial charge is 0.275 e. The molecule has 0 radical (unpaired) electrons. The minimum atomic E-state index is -0.0706. The number of ether oxygens (including phenoxy) is 1. The first kappa shape index (κ1) is 15.4. The van der Waals surface area contributed by atoms with E-state index in [0.717, 1.165) is 29.8 Å². The van der Waals surface area contributed by atoms with Gasteiger partial charge in [0.25, 0.3) is 5.91 Å². The Bertz CT molecular complexity index is 728. The van der Waals surface area contributed by atoms with Crippen LogP contribution in [0.1, 0.15) is 40.3 Å². The third-order valence-corrected chi connectivity index (χ3v) is 4.82. The van der Waals surface area contributed by atoms with E-state index >= 15 is 0 Å². The molecule has 2 aromatic rings. The molecule has 2 N–H and O–H groups in total. The first-order chi connectivity index (χ1) is 11.7. The predicted octanol–water partition coefficient (Wildman–Crippen LogP) is 1.66. The van der Waals surface area contributed by atoms with Crippen LogP contribution in [-0.2, 0) is 17.7 Å². The van der Waals surface area contributed by atoms with E-state index in [1.54, 1.807) is 0 Å². The number of carbonyl (C=O) groups is 1. The summed E-state index contributed by atoms with van der Waals surface area (Å²) in [6.07, 6.45) is 0.916. The Hall–Kier alpha value is -2.18. The third-order valence-electron chi connectivity index (χ3n) is 4.82. The quantitative estimate of drug-likeness (QED) is 0.880. The highest BCUT2D eigenvalue weighted by Crippen LogP contribution is 2.29. The van der Waals surface area contributed by atoms with Crippen LogP contribution >= 0.6 is 0 Å². The first-order valence-electron chi connectivity index (χ1n) is 8.48. The van der Waals surface area contributed by atoms with Crippen molar-refractivity contribution in [1.29, 1.82) is 0 Å². The fourth-order valence-corrected chi connectivity index (χ4v) is 3.52. The number of hydrogen-bond donors (Lipinski definition) is 2. The summed E-state index contributed by atoms with van der Waals surface area (Å²) < 4.78 is 5.82. The van der Waals surface area contributed by atoms with Gasteiger partial charge in [0.05, 0.1) is 18.8 Å². The molecule has 2 aliphatic heterocycles. The van der Waals surface area contributed by atoms with Crippen LogP contribution in [0.3, 0.4) is 0 Å². The van der Waals surface area contributed by atoms with Crippen LogP contribution in [0.4, 0.5) is 0 Å². The number of fused-ring (bicyclic) bond motifs is 1. The zero-order valence-electron chi connectivity index (χ0n) is 13.8. The average Bonchev–Trinajstić information content (AvgIpc) is 3.06. The van der Waals surface area contributed by atoms with Gasteiger partial charge in [-0.1, -0.05) is 30.3 Å². The SMILES string of the molecule is CC1CN(C(=O)c2n[nH]c3c2CNCC3)C(c2ccccc2)CO1. The summed E-state index contributed by atoms with van der Waals surface area (Å²) in [4.78, 5) is 15.1. The van der Waals surface area contributed by atoms with E-state index in [9.17, 15) is 4.79 Å². The minimum absolute atomic E-state index is 0.0137. The fourth-order valence-electron chi connectivity index (χ4n) is 3.52. The van der Waals surface area contributed by atoms with Gasteiger partial charge in [0, 0.05) is 37.3 Å². The molecule has 2 aliphatic rings. The second-order valence-corrected chi connectivity index (χ2v) is 6.48. The van der Waals surface area contributed by atoms with Crippen molar-refractivity contribution in [3.8, 4) is 0 Å². The molecule has 1 aromatic heterocycles. The summed E-state index contributed by atoms with van der Waals surface area (Å²) in [7, 11) is 0. The van der Waals surface area contributed by atoms with E-state index in [0.29, 0.717) is 25.4 Å². The van der Waals surface area contributed by atoms with Crippen LogP contribution in [0, 0.1) is 0 Å². The topological polar surface area (TPSA) is 70.2 Å². The first-order valence-corrected chi connectivity index (χ1v) is 8.48. The molecular formula is C18H22N4O2. The van der Waals surface area contributed by atoms with Crippen molar-refractivity contribution in [2.45, 2.75) is 32.0 Å². The van der Waals surface area contributed by atoms with Gasteiger partial charge in [0.2, 0.25) is 0 Å². The van der Waals surface area contributed by atoms with Crippen LogP contribution in [0.25, 0.3) is 0 Å². The van der Waals surface area contributed by atoms with E-state index in [4.69, 9.17) is 4.74 Å². The fraction of sp³-hybridized carbons (Fsp3) is 0.444. The normalized spacial score (nSPS) is 23.8. The van der Waals surface area contributed by atoms with Crippen molar-refractivity contribution < 1.29 is 9.53 Å². The van der Waals surface area contributed by atoms with Crippen LogP contribution in [-0.4, -0.2) is 46.8 Å². The highest BCUT2D eigenvalue weighted by molar-refractivity contribution is 5.94. The number of hydrogen-bond acceptors (Lipinski definition) is 4. The molecule has 0 aliphatic carbocycles. The monoisotopic (exact) mass is 326 g/mol. The summed E-state index contributed by atoms with van der Waals surface area (Å²) in [5, 5.41) is 10.7. The summed E-state index contributed by atoms with van der Waals surface area (Å²) in [6, 6.07) is 10.0. The van der Waals surface area contributed by atoms with Crippen molar-refractivity contribution in [3.63, 3.8) is 0 Å². The highest BCUT2D eigenvalue weighted by Gasteiger charge is 2.35. The van der Waals surface area contributed by atoms with Gasteiger partial charge in [-0.05, 0) is 12.5 Å². The highest BCUT2D eigenvalue weighted by atomic mass is 16.5. The van der Waals surface area contributed by atoms with Crippen molar-refractivity contribution >= 4 is 5.91 Å². The maximum atomic E-state index is 13.2. The lowest BCUT2D eigenvalue weighted by molar-refractivity contribution is -0.0450. The molecule has 126 valence electrons. The Morgan fingerprint density at radius 2 is 2.17 bits per heavy atom.